The van der Waals surface area contributed by atoms with Gasteiger partial charge in [-0.3, -0.25) is 9.59 Å². The monoisotopic (exact) mass is 330 g/mol. The van der Waals surface area contributed by atoms with Crippen LogP contribution in [0.5, 0.6) is 0 Å². The highest BCUT2D eigenvalue weighted by atomic mass is 16.5. The minimum absolute atomic E-state index is 0.132. The first kappa shape index (κ1) is 17.0. The summed E-state index contributed by atoms with van der Waals surface area (Å²) in [5, 5.41) is 0. The van der Waals surface area contributed by atoms with E-state index < -0.39 is 0 Å². The molecule has 2 fully saturated rings. The third-order valence-corrected chi connectivity index (χ3v) is 5.74. The Bertz CT molecular complexity index is 575. The van der Waals surface area contributed by atoms with Crippen LogP contribution in [-0.4, -0.2) is 19.0 Å². The highest BCUT2D eigenvalue weighted by molar-refractivity contribution is 5.83. The molecule has 0 N–H and O–H groups in total. The molecule has 130 valence electrons. The Balaban J connectivity index is 1.68. The van der Waals surface area contributed by atoms with E-state index in [1.807, 2.05) is 30.3 Å². The van der Waals surface area contributed by atoms with E-state index in [1.54, 1.807) is 0 Å². The van der Waals surface area contributed by atoms with E-state index in [0.29, 0.717) is 0 Å². The van der Waals surface area contributed by atoms with Crippen molar-refractivity contribution in [2.24, 2.45) is 17.3 Å². The highest BCUT2D eigenvalue weighted by Gasteiger charge is 2.51. The Morgan fingerprint density at radius 2 is 1.62 bits per heavy atom. The lowest BCUT2D eigenvalue weighted by atomic mass is 9.72. The minimum atomic E-state index is -0.362. The average Bonchev–Trinajstić information content (AvgIpc) is 2.99. The summed E-state index contributed by atoms with van der Waals surface area (Å²) in [7, 11) is 1.40. The molecule has 2 unspecified atom stereocenters. The van der Waals surface area contributed by atoms with Gasteiger partial charge in [-0.05, 0) is 36.7 Å². The molecule has 1 aromatic rings. The number of methoxy groups -OCH3 is 1. The smallest absolute Gasteiger partial charge is 0.310 e. The van der Waals surface area contributed by atoms with Crippen molar-refractivity contribution in [1.82, 2.24) is 0 Å². The second-order valence-corrected chi connectivity index (χ2v) is 7.30. The van der Waals surface area contributed by atoms with Crippen molar-refractivity contribution in [3.63, 3.8) is 0 Å². The predicted octanol–water partition coefficient (Wildman–Crippen LogP) is 3.88. The lowest BCUT2D eigenvalue weighted by molar-refractivity contribution is -0.158. The summed E-state index contributed by atoms with van der Waals surface area (Å²) < 4.78 is 10.5. The fraction of sp³-hybridized carbons (Fsp3) is 0.600. The maximum absolute atomic E-state index is 12.6. The van der Waals surface area contributed by atoms with Crippen LogP contribution in [0.4, 0.5) is 0 Å². The van der Waals surface area contributed by atoms with Crippen molar-refractivity contribution in [3.8, 4) is 0 Å². The van der Waals surface area contributed by atoms with Gasteiger partial charge in [-0.1, -0.05) is 49.6 Å². The Hall–Kier alpha value is -1.84. The van der Waals surface area contributed by atoms with E-state index >= 15 is 0 Å². The SMILES string of the molecule is COC(=O)C1CC2(CCCCC2)CC1C(=O)OCc1ccccc1. The summed E-state index contributed by atoms with van der Waals surface area (Å²) in [6.45, 7) is 0.261. The van der Waals surface area contributed by atoms with Crippen LogP contribution in [0.25, 0.3) is 0 Å². The molecule has 1 spiro atoms. The molecule has 2 aliphatic carbocycles. The maximum Gasteiger partial charge on any atom is 0.310 e. The average molecular weight is 330 g/mol. The first-order chi connectivity index (χ1) is 11.6. The van der Waals surface area contributed by atoms with Gasteiger partial charge in [-0.2, -0.15) is 0 Å². The van der Waals surface area contributed by atoms with Crippen LogP contribution < -0.4 is 0 Å². The minimum Gasteiger partial charge on any atom is -0.469 e. The van der Waals surface area contributed by atoms with Crippen molar-refractivity contribution >= 4 is 11.9 Å². The fourth-order valence-electron chi connectivity index (χ4n) is 4.49. The number of carbonyl (C=O) groups is 2. The van der Waals surface area contributed by atoms with Gasteiger partial charge in [-0.15, -0.1) is 0 Å². The van der Waals surface area contributed by atoms with Crippen molar-refractivity contribution in [3.05, 3.63) is 35.9 Å². The zero-order chi connectivity index (χ0) is 17.0. The van der Waals surface area contributed by atoms with E-state index in [-0.39, 0.29) is 35.8 Å². The third-order valence-electron chi connectivity index (χ3n) is 5.74. The van der Waals surface area contributed by atoms with Crippen LogP contribution >= 0.6 is 0 Å². The number of hydrogen-bond acceptors (Lipinski definition) is 4. The predicted molar refractivity (Wildman–Crippen MR) is 90.0 cm³/mol. The van der Waals surface area contributed by atoms with Crippen molar-refractivity contribution in [2.45, 2.75) is 51.6 Å². The van der Waals surface area contributed by atoms with Crippen LogP contribution in [0.15, 0.2) is 30.3 Å². The van der Waals surface area contributed by atoms with Gasteiger partial charge in [0, 0.05) is 0 Å². The molecule has 2 saturated carbocycles. The molecule has 0 heterocycles. The molecule has 24 heavy (non-hydrogen) atoms. The van der Waals surface area contributed by atoms with Gasteiger partial charge >= 0.3 is 11.9 Å². The van der Waals surface area contributed by atoms with Gasteiger partial charge in [0.05, 0.1) is 18.9 Å². The molecule has 2 atom stereocenters. The molecular formula is C20H26O4. The fourth-order valence-corrected chi connectivity index (χ4v) is 4.49. The van der Waals surface area contributed by atoms with Crippen LogP contribution in [0, 0.1) is 17.3 Å². The molecule has 0 radical (unpaired) electrons. The van der Waals surface area contributed by atoms with E-state index in [1.165, 1.54) is 26.4 Å². The summed E-state index contributed by atoms with van der Waals surface area (Å²) in [4.78, 5) is 24.8. The normalized spacial score (nSPS) is 25.4. The van der Waals surface area contributed by atoms with Gasteiger partial charge in [0.15, 0.2) is 0 Å². The summed E-state index contributed by atoms with van der Waals surface area (Å²) in [6.07, 6.45) is 7.41. The van der Waals surface area contributed by atoms with Gasteiger partial charge in [-0.25, -0.2) is 0 Å². The molecule has 3 rings (SSSR count). The Labute approximate surface area is 143 Å². The van der Waals surface area contributed by atoms with E-state index in [4.69, 9.17) is 9.47 Å². The van der Waals surface area contributed by atoms with Crippen molar-refractivity contribution < 1.29 is 19.1 Å². The van der Waals surface area contributed by atoms with Crippen LogP contribution in [0.3, 0.4) is 0 Å². The standard InChI is InChI=1S/C20H26O4/c1-23-18(21)16-12-20(10-6-3-7-11-20)13-17(16)19(22)24-14-15-8-4-2-5-9-15/h2,4-5,8-9,16-17H,3,6-7,10-14H2,1H3. The van der Waals surface area contributed by atoms with E-state index in [2.05, 4.69) is 0 Å². The molecular weight excluding hydrogens is 304 g/mol. The third kappa shape index (κ3) is 3.63. The molecule has 0 aliphatic heterocycles. The number of hydrogen-bond donors (Lipinski definition) is 0. The lowest BCUT2D eigenvalue weighted by Crippen LogP contribution is -2.27. The first-order valence-corrected chi connectivity index (χ1v) is 8.92. The Kier molecular flexibility index (Phi) is 5.22. The molecule has 0 saturated heterocycles. The van der Waals surface area contributed by atoms with Crippen molar-refractivity contribution in [1.29, 1.82) is 0 Å². The molecule has 1 aromatic carbocycles. The van der Waals surface area contributed by atoms with E-state index in [0.717, 1.165) is 31.2 Å². The van der Waals surface area contributed by atoms with Crippen LogP contribution in [0.1, 0.15) is 50.5 Å². The second-order valence-electron chi connectivity index (χ2n) is 7.30. The summed E-state index contributed by atoms with van der Waals surface area (Å²) in [5.41, 5.74) is 1.10. The zero-order valence-electron chi connectivity index (χ0n) is 14.3. The van der Waals surface area contributed by atoms with Gasteiger partial charge in [0.1, 0.15) is 6.61 Å². The number of carbonyl (C=O) groups excluding carboxylic acids is 2. The Morgan fingerprint density at radius 3 is 2.25 bits per heavy atom. The molecule has 0 amide bonds. The molecule has 4 heteroatoms. The number of rotatable bonds is 4. The topological polar surface area (TPSA) is 52.6 Å². The molecule has 2 aliphatic rings. The second kappa shape index (κ2) is 7.37. The molecule has 0 aromatic heterocycles. The van der Waals surface area contributed by atoms with Gasteiger partial charge < -0.3 is 9.47 Å². The van der Waals surface area contributed by atoms with Crippen LogP contribution in [-0.2, 0) is 25.7 Å². The summed E-state index contributed by atoms with van der Waals surface area (Å²) in [5.74, 6) is -1.23. The first-order valence-electron chi connectivity index (χ1n) is 8.92. The van der Waals surface area contributed by atoms with Crippen LogP contribution in [0.2, 0.25) is 0 Å². The van der Waals surface area contributed by atoms with E-state index in [9.17, 15) is 9.59 Å². The summed E-state index contributed by atoms with van der Waals surface area (Å²) >= 11 is 0. The molecule has 0 bridgehead atoms. The zero-order valence-corrected chi connectivity index (χ0v) is 14.3. The van der Waals surface area contributed by atoms with Gasteiger partial charge in [0.2, 0.25) is 0 Å². The Morgan fingerprint density at radius 1 is 1.00 bits per heavy atom. The number of esters is 2. The molecule has 4 nitrogen and oxygen atoms in total. The van der Waals surface area contributed by atoms with Gasteiger partial charge in [0.25, 0.3) is 0 Å². The van der Waals surface area contributed by atoms with Crippen molar-refractivity contribution in [2.75, 3.05) is 7.11 Å². The largest absolute Gasteiger partial charge is 0.469 e. The summed E-state index contributed by atoms with van der Waals surface area (Å²) in [6, 6.07) is 9.65. The number of ether oxygens (including phenoxy) is 2. The lowest BCUT2D eigenvalue weighted by Gasteiger charge is -2.33. The highest BCUT2D eigenvalue weighted by Crippen LogP contribution is 2.54. The maximum atomic E-state index is 12.6. The number of benzene rings is 1. The quantitative estimate of drug-likeness (QED) is 0.786.